The van der Waals surface area contributed by atoms with E-state index in [1.807, 2.05) is 12.2 Å². The Kier molecular flexibility index (Phi) is 30.5. The third kappa shape index (κ3) is 30.8. The summed E-state index contributed by atoms with van der Waals surface area (Å²) in [5.41, 5.74) is 0. The minimum absolute atomic E-state index is 0.0756. The number of unbranched alkanes of at least 4 members (excludes halogenated alkanes) is 12. The third-order valence-electron chi connectivity index (χ3n) is 7.03. The van der Waals surface area contributed by atoms with Gasteiger partial charge in [0.25, 0.3) is 0 Å². The number of hydrogen-bond donors (Lipinski definition) is 3. The quantitative estimate of drug-likeness (QED) is 0.0277. The Balaban J connectivity index is 4.54. The van der Waals surface area contributed by atoms with Crippen LogP contribution in [0, 0.1) is 0 Å². The van der Waals surface area contributed by atoms with Crippen LogP contribution < -0.4 is 0 Å². The Morgan fingerprint density at radius 2 is 1.20 bits per heavy atom. The predicted molar refractivity (Wildman–Crippen MR) is 182 cm³/mol. The maximum Gasteiger partial charge on any atom is 0.472 e. The molecule has 11 heteroatoms. The van der Waals surface area contributed by atoms with Gasteiger partial charge in [-0.25, -0.2) is 4.57 Å². The SMILES string of the molecule is CCCC/C=C/CCCCCCC(=O)OCC(COP(=O)(O)OC[C@@H](O)CO)OC(=O)CC/C=C/C/C=C/CCCCCCCC. The number of esters is 2. The van der Waals surface area contributed by atoms with Crippen LogP contribution in [0.25, 0.3) is 0 Å². The molecule has 10 nitrogen and oxygen atoms in total. The topological polar surface area (TPSA) is 149 Å². The number of rotatable bonds is 32. The lowest BCUT2D eigenvalue weighted by Crippen LogP contribution is -2.29. The summed E-state index contributed by atoms with van der Waals surface area (Å²) in [5.74, 6) is -1.02. The van der Waals surface area contributed by atoms with Crippen molar-refractivity contribution < 1.29 is 47.8 Å². The molecule has 0 saturated heterocycles. The van der Waals surface area contributed by atoms with E-state index in [9.17, 15) is 24.2 Å². The summed E-state index contributed by atoms with van der Waals surface area (Å²) in [5, 5.41) is 18.2. The Morgan fingerprint density at radius 3 is 1.85 bits per heavy atom. The molecule has 0 aliphatic rings. The number of hydrogen-bond acceptors (Lipinski definition) is 9. The lowest BCUT2D eigenvalue weighted by molar-refractivity contribution is -0.161. The molecule has 0 heterocycles. The van der Waals surface area contributed by atoms with E-state index in [2.05, 4.69) is 42.7 Å². The Morgan fingerprint density at radius 1 is 0.652 bits per heavy atom. The lowest BCUT2D eigenvalue weighted by Gasteiger charge is -2.20. The first kappa shape index (κ1) is 44.2. The van der Waals surface area contributed by atoms with E-state index in [0.29, 0.717) is 12.8 Å². The van der Waals surface area contributed by atoms with Gasteiger partial charge in [-0.05, 0) is 51.4 Å². The average molecular weight is 675 g/mol. The van der Waals surface area contributed by atoms with Crippen molar-refractivity contribution >= 4 is 19.8 Å². The maximum atomic E-state index is 12.5. The summed E-state index contributed by atoms with van der Waals surface area (Å²) < 4.78 is 32.4. The molecule has 0 bridgehead atoms. The summed E-state index contributed by atoms with van der Waals surface area (Å²) in [6.45, 7) is 2.21. The van der Waals surface area contributed by atoms with Gasteiger partial charge in [0.2, 0.25) is 0 Å². The van der Waals surface area contributed by atoms with Crippen LogP contribution in [0.5, 0.6) is 0 Å². The zero-order valence-electron chi connectivity index (χ0n) is 28.5. The standard InChI is InChI=1S/C35H63O10P/c1-3-5-7-9-11-13-15-16-17-19-21-23-25-27-35(39)45-33(31-44-46(40,41)43-29-32(37)28-36)30-42-34(38)26-24-22-20-18-14-12-10-8-6-4-2/h10,12,16-17,21,23,32-33,36-37H,3-9,11,13-15,18-20,22,24-31H2,1-2H3,(H,40,41)/b12-10+,17-16+,23-21+/t32-,33?/m0/s1. The minimum atomic E-state index is -4.62. The first-order valence-corrected chi connectivity index (χ1v) is 18.9. The maximum absolute atomic E-state index is 12.5. The summed E-state index contributed by atoms with van der Waals surface area (Å²) in [6.07, 6.45) is 28.6. The third-order valence-corrected chi connectivity index (χ3v) is 7.98. The van der Waals surface area contributed by atoms with E-state index in [1.165, 1.54) is 51.4 Å². The van der Waals surface area contributed by atoms with Crippen LogP contribution in [0.4, 0.5) is 0 Å². The minimum Gasteiger partial charge on any atom is -0.462 e. The molecule has 0 aromatic heterocycles. The zero-order chi connectivity index (χ0) is 34.1. The van der Waals surface area contributed by atoms with Gasteiger partial charge in [0, 0.05) is 12.8 Å². The van der Waals surface area contributed by atoms with Crippen LogP contribution in [0.2, 0.25) is 0 Å². The van der Waals surface area contributed by atoms with Crippen molar-refractivity contribution in [2.45, 2.75) is 148 Å². The molecule has 0 aliphatic carbocycles. The fourth-order valence-corrected chi connectivity index (χ4v) is 5.05. The van der Waals surface area contributed by atoms with Gasteiger partial charge in [0.15, 0.2) is 6.10 Å². The molecule has 3 atom stereocenters. The largest absolute Gasteiger partial charge is 0.472 e. The molecular formula is C35H63O10P. The number of carbonyl (C=O) groups is 2. The zero-order valence-corrected chi connectivity index (χ0v) is 29.4. The molecule has 0 aliphatic heterocycles. The Bertz CT molecular complexity index is 873. The van der Waals surface area contributed by atoms with Crippen molar-refractivity contribution in [3.8, 4) is 0 Å². The molecule has 268 valence electrons. The van der Waals surface area contributed by atoms with Crippen LogP contribution in [0.15, 0.2) is 36.5 Å². The van der Waals surface area contributed by atoms with E-state index < -0.39 is 51.8 Å². The molecule has 0 fully saturated rings. The van der Waals surface area contributed by atoms with Gasteiger partial charge in [-0.1, -0.05) is 108 Å². The first-order chi connectivity index (χ1) is 22.2. The predicted octanol–water partition coefficient (Wildman–Crippen LogP) is 8.05. The smallest absolute Gasteiger partial charge is 0.462 e. The average Bonchev–Trinajstić information content (AvgIpc) is 3.04. The van der Waals surface area contributed by atoms with Gasteiger partial charge in [0.05, 0.1) is 19.8 Å². The summed E-state index contributed by atoms with van der Waals surface area (Å²) in [6, 6.07) is 0. The van der Waals surface area contributed by atoms with E-state index >= 15 is 0 Å². The van der Waals surface area contributed by atoms with Crippen LogP contribution in [-0.4, -0.2) is 65.7 Å². The van der Waals surface area contributed by atoms with Gasteiger partial charge in [-0.3, -0.25) is 18.6 Å². The molecule has 0 radical (unpaired) electrons. The molecule has 0 rings (SSSR count). The van der Waals surface area contributed by atoms with Crippen LogP contribution in [-0.2, 0) is 32.7 Å². The second-order valence-electron chi connectivity index (χ2n) is 11.5. The van der Waals surface area contributed by atoms with Crippen LogP contribution in [0.3, 0.4) is 0 Å². The van der Waals surface area contributed by atoms with Crippen molar-refractivity contribution in [1.29, 1.82) is 0 Å². The van der Waals surface area contributed by atoms with Gasteiger partial charge >= 0.3 is 19.8 Å². The molecular weight excluding hydrogens is 611 g/mol. The normalized spacial score (nSPS) is 14.6. The highest BCUT2D eigenvalue weighted by Crippen LogP contribution is 2.43. The van der Waals surface area contributed by atoms with E-state index in [1.54, 1.807) is 0 Å². The van der Waals surface area contributed by atoms with Crippen LogP contribution in [0.1, 0.15) is 136 Å². The fourth-order valence-electron chi connectivity index (χ4n) is 4.26. The molecule has 2 unspecified atom stereocenters. The highest BCUT2D eigenvalue weighted by molar-refractivity contribution is 7.47. The number of carbonyl (C=O) groups excluding carboxylic acids is 2. The monoisotopic (exact) mass is 674 g/mol. The molecule has 0 saturated carbocycles. The second-order valence-corrected chi connectivity index (χ2v) is 13.0. The van der Waals surface area contributed by atoms with Crippen molar-refractivity contribution in [2.24, 2.45) is 0 Å². The highest BCUT2D eigenvalue weighted by atomic mass is 31.2. The van der Waals surface area contributed by atoms with Crippen molar-refractivity contribution in [1.82, 2.24) is 0 Å². The number of aliphatic hydroxyl groups excluding tert-OH is 2. The number of phosphoric ester groups is 1. The lowest BCUT2D eigenvalue weighted by atomic mass is 10.1. The van der Waals surface area contributed by atoms with Crippen molar-refractivity contribution in [3.63, 3.8) is 0 Å². The molecule has 3 N–H and O–H groups in total. The molecule has 0 amide bonds. The van der Waals surface area contributed by atoms with Crippen molar-refractivity contribution in [2.75, 3.05) is 26.4 Å². The molecule has 0 aromatic carbocycles. The van der Waals surface area contributed by atoms with E-state index in [0.717, 1.165) is 44.9 Å². The number of allylic oxidation sites excluding steroid dienone is 6. The number of aliphatic hydroxyl groups is 2. The first-order valence-electron chi connectivity index (χ1n) is 17.4. The van der Waals surface area contributed by atoms with Gasteiger partial charge in [-0.15, -0.1) is 0 Å². The fraction of sp³-hybridized carbons (Fsp3) is 0.771. The van der Waals surface area contributed by atoms with Crippen LogP contribution >= 0.6 is 7.82 Å². The number of ether oxygens (including phenoxy) is 2. The second kappa shape index (κ2) is 31.8. The number of phosphoric acid groups is 1. The molecule has 0 aromatic rings. The van der Waals surface area contributed by atoms with Crippen molar-refractivity contribution in [3.05, 3.63) is 36.5 Å². The Hall–Kier alpha value is -1.81. The van der Waals surface area contributed by atoms with E-state index in [4.69, 9.17) is 19.1 Å². The summed E-state index contributed by atoms with van der Waals surface area (Å²) in [7, 11) is -4.62. The van der Waals surface area contributed by atoms with Gasteiger partial charge < -0.3 is 24.6 Å². The highest BCUT2D eigenvalue weighted by Gasteiger charge is 2.27. The summed E-state index contributed by atoms with van der Waals surface area (Å²) in [4.78, 5) is 34.6. The summed E-state index contributed by atoms with van der Waals surface area (Å²) >= 11 is 0. The molecule has 0 spiro atoms. The van der Waals surface area contributed by atoms with Gasteiger partial charge in [0.1, 0.15) is 12.7 Å². The Labute approximate surface area is 278 Å². The molecule has 46 heavy (non-hydrogen) atoms. The van der Waals surface area contributed by atoms with Gasteiger partial charge in [-0.2, -0.15) is 0 Å². The van der Waals surface area contributed by atoms with E-state index in [-0.39, 0.29) is 19.4 Å².